The number of H-pyrrole nitrogens is 1. The number of anilines is 1. The van der Waals surface area contributed by atoms with Gasteiger partial charge in [0, 0.05) is 36.5 Å². The van der Waals surface area contributed by atoms with Crippen molar-refractivity contribution in [3.8, 4) is 16.9 Å². The average molecular weight is 733 g/mol. The van der Waals surface area contributed by atoms with Crippen LogP contribution in [0.5, 0.6) is 5.75 Å². The van der Waals surface area contributed by atoms with Crippen LogP contribution in [-0.4, -0.2) is 41.1 Å². The van der Waals surface area contributed by atoms with Crippen LogP contribution in [0.2, 0.25) is 18.1 Å². The van der Waals surface area contributed by atoms with E-state index in [1.54, 1.807) is 12.1 Å². The SMILES string of the molecule is CC(C)(C)[Si](C)(C)O[C@H](CNCc1ccc2oc(CCCCc3ccc(-c4ccccc4)c(NC(=O)O)c3)nc2c1)c1ccc(O)c2[nH]c(=O)ccc12. The third-order valence-corrected chi connectivity index (χ3v) is 14.7. The van der Waals surface area contributed by atoms with Crippen molar-refractivity contribution >= 4 is 42.1 Å². The summed E-state index contributed by atoms with van der Waals surface area (Å²) in [7, 11) is -2.20. The molecular weight excluding hydrogens is 685 g/mol. The molecule has 11 heteroatoms. The fraction of sp³-hybridized carbons (Fsp3) is 0.310. The van der Waals surface area contributed by atoms with Gasteiger partial charge in [-0.3, -0.25) is 10.1 Å². The van der Waals surface area contributed by atoms with Crippen LogP contribution in [0.1, 0.15) is 62.3 Å². The van der Waals surface area contributed by atoms with Crippen LogP contribution in [0.4, 0.5) is 10.5 Å². The molecule has 6 rings (SSSR count). The van der Waals surface area contributed by atoms with E-state index in [0.717, 1.165) is 63.6 Å². The Morgan fingerprint density at radius 1 is 0.943 bits per heavy atom. The number of nitrogens with one attached hydrogen (secondary N) is 3. The van der Waals surface area contributed by atoms with Crippen molar-refractivity contribution in [3.05, 3.63) is 124 Å². The predicted molar refractivity (Wildman–Crippen MR) is 213 cm³/mol. The zero-order chi connectivity index (χ0) is 37.8. The Hall–Kier alpha value is -5.23. The minimum absolute atomic E-state index is 0.0148. The Balaban J connectivity index is 1.09. The van der Waals surface area contributed by atoms with Crippen LogP contribution in [0, 0.1) is 0 Å². The van der Waals surface area contributed by atoms with Crippen LogP contribution in [-0.2, 0) is 23.8 Å². The van der Waals surface area contributed by atoms with Gasteiger partial charge in [0.1, 0.15) is 11.3 Å². The van der Waals surface area contributed by atoms with Gasteiger partial charge in [-0.1, -0.05) is 75.4 Å². The second-order valence-electron chi connectivity index (χ2n) is 15.1. The molecule has 0 fully saturated rings. The number of unbranched alkanes of at least 4 members (excludes halogenated alkanes) is 1. The maximum absolute atomic E-state index is 12.1. The molecule has 1 amide bonds. The number of carbonyl (C=O) groups is 1. The highest BCUT2D eigenvalue weighted by molar-refractivity contribution is 6.74. The first-order valence-corrected chi connectivity index (χ1v) is 21.0. The third kappa shape index (κ3) is 9.05. The zero-order valence-electron chi connectivity index (χ0n) is 31.0. The number of aromatic hydroxyl groups is 1. The molecule has 2 heterocycles. The first-order chi connectivity index (χ1) is 25.3. The Kier molecular flexibility index (Phi) is 11.2. The van der Waals surface area contributed by atoms with E-state index in [0.29, 0.717) is 36.6 Å². The van der Waals surface area contributed by atoms with E-state index in [2.05, 4.69) is 55.5 Å². The van der Waals surface area contributed by atoms with Crippen molar-refractivity contribution in [2.24, 2.45) is 0 Å². The van der Waals surface area contributed by atoms with Gasteiger partial charge in [-0.25, -0.2) is 9.78 Å². The molecule has 276 valence electrons. The number of pyridine rings is 1. The second kappa shape index (κ2) is 15.8. The Morgan fingerprint density at radius 3 is 2.45 bits per heavy atom. The molecule has 0 aliphatic carbocycles. The standard InChI is InChI=1S/C42H48N4O6Si/c1-42(2,3)53(4,5)52-37(31-18-20-35(47)40-32(31)19-22-38(48)46-40)26-43-25-28-16-21-36-34(24-28)44-39(51-36)14-10-9-11-27-15-17-30(29-12-7-6-8-13-29)33(23-27)45-41(49)50/h6-8,12-13,15-24,37,43,45,47H,9-11,14,25-26H2,1-5H3,(H,46,48)(H,49,50)/t37-/m1/s1. The number of amides is 1. The summed E-state index contributed by atoms with van der Waals surface area (Å²) in [5.74, 6) is 0.719. The van der Waals surface area contributed by atoms with E-state index in [4.69, 9.17) is 13.8 Å². The Morgan fingerprint density at radius 2 is 1.70 bits per heavy atom. The number of benzene rings is 4. The highest BCUT2D eigenvalue weighted by atomic mass is 28.4. The van der Waals surface area contributed by atoms with Crippen LogP contribution in [0.15, 0.2) is 100 Å². The minimum Gasteiger partial charge on any atom is -0.506 e. The lowest BCUT2D eigenvalue weighted by Crippen LogP contribution is -2.43. The van der Waals surface area contributed by atoms with Gasteiger partial charge in [-0.05, 0) is 90.0 Å². The lowest BCUT2D eigenvalue weighted by atomic mass is 9.99. The Bertz CT molecular complexity index is 2280. The quantitative estimate of drug-likeness (QED) is 0.0549. The molecule has 0 aliphatic rings. The largest absolute Gasteiger partial charge is 0.506 e. The molecule has 0 unspecified atom stereocenters. The number of carboxylic acid groups (broad SMARTS) is 1. The van der Waals surface area contributed by atoms with Crippen LogP contribution in [0.25, 0.3) is 33.1 Å². The van der Waals surface area contributed by atoms with E-state index in [-0.39, 0.29) is 22.5 Å². The summed E-state index contributed by atoms with van der Waals surface area (Å²) < 4.78 is 13.0. The average Bonchev–Trinajstić information content (AvgIpc) is 3.52. The van der Waals surface area contributed by atoms with Gasteiger partial charge in [-0.2, -0.15) is 0 Å². The topological polar surface area (TPSA) is 150 Å². The van der Waals surface area contributed by atoms with Gasteiger partial charge in [0.15, 0.2) is 19.8 Å². The number of fused-ring (bicyclic) bond motifs is 2. The number of phenolic OH excluding ortho intramolecular Hbond substituents is 1. The van der Waals surface area contributed by atoms with Gasteiger partial charge >= 0.3 is 6.09 Å². The van der Waals surface area contributed by atoms with Crippen molar-refractivity contribution < 1.29 is 23.9 Å². The molecule has 0 saturated heterocycles. The second-order valence-corrected chi connectivity index (χ2v) is 19.8. The molecule has 0 bridgehead atoms. The summed E-state index contributed by atoms with van der Waals surface area (Å²) in [4.78, 5) is 31.1. The predicted octanol–water partition coefficient (Wildman–Crippen LogP) is 9.55. The summed E-state index contributed by atoms with van der Waals surface area (Å²) in [5.41, 5.74) is 7.11. The molecule has 0 spiro atoms. The fourth-order valence-corrected chi connectivity index (χ4v) is 7.59. The summed E-state index contributed by atoms with van der Waals surface area (Å²) in [6.07, 6.45) is 1.87. The van der Waals surface area contributed by atoms with Crippen LogP contribution >= 0.6 is 0 Å². The van der Waals surface area contributed by atoms with Crippen molar-refractivity contribution in [2.45, 2.75) is 77.2 Å². The molecule has 10 nitrogen and oxygen atoms in total. The lowest BCUT2D eigenvalue weighted by Gasteiger charge is -2.39. The maximum Gasteiger partial charge on any atom is 0.409 e. The number of phenols is 1. The van der Waals surface area contributed by atoms with E-state index >= 15 is 0 Å². The molecule has 53 heavy (non-hydrogen) atoms. The lowest BCUT2D eigenvalue weighted by molar-refractivity contribution is 0.181. The van der Waals surface area contributed by atoms with Gasteiger partial charge in [0.2, 0.25) is 5.56 Å². The normalized spacial score (nSPS) is 12.7. The Labute approximate surface area is 310 Å². The first kappa shape index (κ1) is 37.5. The number of aromatic amines is 1. The number of hydrogen-bond acceptors (Lipinski definition) is 7. The smallest absolute Gasteiger partial charge is 0.409 e. The number of hydrogen-bond donors (Lipinski definition) is 5. The molecule has 0 aliphatic heterocycles. The van der Waals surface area contributed by atoms with E-state index in [1.807, 2.05) is 66.7 Å². The fourth-order valence-electron chi connectivity index (χ4n) is 6.31. The van der Waals surface area contributed by atoms with E-state index < -0.39 is 14.4 Å². The summed E-state index contributed by atoms with van der Waals surface area (Å²) in [5, 5.41) is 26.8. The molecule has 6 aromatic rings. The number of rotatable bonds is 14. The molecule has 4 aromatic carbocycles. The molecule has 1 atom stereocenters. The maximum atomic E-state index is 12.1. The van der Waals surface area contributed by atoms with E-state index in [1.165, 1.54) is 6.07 Å². The van der Waals surface area contributed by atoms with Gasteiger partial charge < -0.3 is 29.4 Å². The van der Waals surface area contributed by atoms with E-state index in [9.17, 15) is 19.8 Å². The summed E-state index contributed by atoms with van der Waals surface area (Å²) >= 11 is 0. The monoisotopic (exact) mass is 732 g/mol. The zero-order valence-corrected chi connectivity index (χ0v) is 32.0. The number of nitrogens with zero attached hydrogens (tertiary/aromatic N) is 1. The van der Waals surface area contributed by atoms with Gasteiger partial charge in [-0.15, -0.1) is 0 Å². The summed E-state index contributed by atoms with van der Waals surface area (Å²) in [6.45, 7) is 12.2. The molecule has 0 radical (unpaired) electrons. The number of aryl methyl sites for hydroxylation is 2. The van der Waals surface area contributed by atoms with Crippen LogP contribution < -0.4 is 16.2 Å². The number of oxazole rings is 1. The highest BCUT2D eigenvalue weighted by Crippen LogP contribution is 2.41. The van der Waals surface area contributed by atoms with Crippen LogP contribution in [0.3, 0.4) is 0 Å². The molecule has 0 saturated carbocycles. The van der Waals surface area contributed by atoms with Crippen molar-refractivity contribution in [1.82, 2.24) is 15.3 Å². The summed E-state index contributed by atoms with van der Waals surface area (Å²) in [6, 6.07) is 28.5. The third-order valence-electron chi connectivity index (χ3n) is 10.2. The minimum atomic E-state index is -2.20. The highest BCUT2D eigenvalue weighted by Gasteiger charge is 2.39. The van der Waals surface area contributed by atoms with Gasteiger partial charge in [0.05, 0.1) is 17.3 Å². The number of aromatic nitrogens is 2. The van der Waals surface area contributed by atoms with Crippen molar-refractivity contribution in [3.63, 3.8) is 0 Å². The molecular formula is C42H48N4O6Si. The van der Waals surface area contributed by atoms with Crippen molar-refractivity contribution in [2.75, 3.05) is 11.9 Å². The van der Waals surface area contributed by atoms with Gasteiger partial charge in [0.25, 0.3) is 0 Å². The first-order valence-electron chi connectivity index (χ1n) is 18.1. The molecule has 5 N–H and O–H groups in total. The van der Waals surface area contributed by atoms with Crippen molar-refractivity contribution in [1.29, 1.82) is 0 Å². The molecule has 2 aromatic heterocycles.